The minimum atomic E-state index is -1.06. The van der Waals surface area contributed by atoms with Gasteiger partial charge in [0.15, 0.2) is 11.6 Å². The lowest BCUT2D eigenvalue weighted by molar-refractivity contribution is -0.122. The van der Waals surface area contributed by atoms with Crippen LogP contribution in [0.25, 0.3) is 0 Å². The number of benzene rings is 1. The molecule has 1 aromatic heterocycles. The second-order valence-corrected chi connectivity index (χ2v) is 7.15. The van der Waals surface area contributed by atoms with Crippen molar-refractivity contribution in [2.75, 3.05) is 6.54 Å². The van der Waals surface area contributed by atoms with Crippen molar-refractivity contribution >= 4 is 17.2 Å². The fourth-order valence-electron chi connectivity index (χ4n) is 2.62. The first-order valence-electron chi connectivity index (χ1n) is 7.42. The maximum Gasteiger partial charge on any atom is 0.223 e. The normalized spacial score (nSPS) is 21.0. The third-order valence-electron chi connectivity index (χ3n) is 4.05. The predicted molar refractivity (Wildman–Crippen MR) is 84.2 cm³/mol. The lowest BCUT2D eigenvalue weighted by Crippen LogP contribution is -2.30. The number of halogens is 2. The number of aryl methyl sites for hydroxylation is 1. The highest BCUT2D eigenvalue weighted by molar-refractivity contribution is 7.12. The summed E-state index contributed by atoms with van der Waals surface area (Å²) >= 11 is 1.70. The third kappa shape index (κ3) is 3.59. The number of hydrogen-bond donors (Lipinski definition) is 2. The van der Waals surface area contributed by atoms with Crippen LogP contribution in [0.1, 0.15) is 33.8 Å². The third-order valence-corrected chi connectivity index (χ3v) is 5.18. The topological polar surface area (TPSA) is 49.3 Å². The van der Waals surface area contributed by atoms with Gasteiger partial charge in [0.05, 0.1) is 6.10 Å². The first-order chi connectivity index (χ1) is 11.0. The molecule has 1 amide bonds. The maximum atomic E-state index is 13.1. The zero-order valence-corrected chi connectivity index (χ0v) is 13.4. The number of hydrogen-bond acceptors (Lipinski definition) is 3. The van der Waals surface area contributed by atoms with Gasteiger partial charge in [-0.1, -0.05) is 6.07 Å². The van der Waals surface area contributed by atoms with Gasteiger partial charge in [-0.3, -0.25) is 4.79 Å². The van der Waals surface area contributed by atoms with E-state index in [-0.39, 0.29) is 29.9 Å². The maximum absolute atomic E-state index is 13.1. The van der Waals surface area contributed by atoms with Crippen LogP contribution in [0.4, 0.5) is 8.78 Å². The highest BCUT2D eigenvalue weighted by atomic mass is 32.1. The molecule has 0 radical (unpaired) electrons. The fourth-order valence-corrected chi connectivity index (χ4v) is 3.67. The highest BCUT2D eigenvalue weighted by Gasteiger charge is 2.44. The summed E-state index contributed by atoms with van der Waals surface area (Å²) in [5.74, 6) is -1.89. The summed E-state index contributed by atoms with van der Waals surface area (Å²) in [4.78, 5) is 14.5. The van der Waals surface area contributed by atoms with E-state index in [4.69, 9.17) is 0 Å². The molecular formula is C17H17F2NO2S. The number of nitrogens with one attached hydrogen (secondary N) is 1. The Labute approximate surface area is 137 Å². The lowest BCUT2D eigenvalue weighted by atomic mass is 10.1. The van der Waals surface area contributed by atoms with Gasteiger partial charge in [0.2, 0.25) is 5.91 Å². The molecule has 2 N–H and O–H groups in total. The molecule has 1 saturated carbocycles. The Kier molecular flexibility index (Phi) is 4.46. The first kappa shape index (κ1) is 16.1. The molecular weight excluding hydrogens is 320 g/mol. The van der Waals surface area contributed by atoms with Crippen molar-refractivity contribution in [3.05, 3.63) is 57.3 Å². The zero-order valence-electron chi connectivity index (χ0n) is 12.6. The second kappa shape index (κ2) is 6.37. The van der Waals surface area contributed by atoms with Crippen molar-refractivity contribution in [3.63, 3.8) is 0 Å². The van der Waals surface area contributed by atoms with Crippen LogP contribution in [0.5, 0.6) is 0 Å². The van der Waals surface area contributed by atoms with Gasteiger partial charge in [0.1, 0.15) is 0 Å². The Morgan fingerprint density at radius 1 is 1.35 bits per heavy atom. The SMILES string of the molecule is Cc1ccc([C@@H]2C[C@H]2C(=O)NC[C@@H](O)c2ccc(F)c(F)c2)s1. The average molecular weight is 337 g/mol. The van der Waals surface area contributed by atoms with E-state index in [1.165, 1.54) is 15.8 Å². The van der Waals surface area contributed by atoms with E-state index in [1.807, 2.05) is 19.1 Å². The minimum absolute atomic E-state index is 0.0173. The summed E-state index contributed by atoms with van der Waals surface area (Å²) in [6.45, 7) is 2.01. The van der Waals surface area contributed by atoms with E-state index in [2.05, 4.69) is 5.32 Å². The minimum Gasteiger partial charge on any atom is -0.387 e. The van der Waals surface area contributed by atoms with E-state index < -0.39 is 17.7 Å². The second-order valence-electron chi connectivity index (χ2n) is 5.83. The standard InChI is InChI=1S/C17H17F2NO2S/c1-9-2-5-16(23-9)11-7-12(11)17(22)20-8-15(21)10-3-4-13(18)14(19)6-10/h2-6,11-12,15,21H,7-8H2,1H3,(H,20,22)/t11-,12-,15-/m1/s1. The van der Waals surface area contributed by atoms with Gasteiger partial charge in [-0.15, -0.1) is 11.3 Å². The van der Waals surface area contributed by atoms with E-state index in [1.54, 1.807) is 11.3 Å². The molecule has 3 rings (SSSR count). The summed E-state index contributed by atoms with van der Waals surface area (Å²) < 4.78 is 26.0. The van der Waals surface area contributed by atoms with E-state index in [0.717, 1.165) is 18.6 Å². The molecule has 1 aliphatic rings. The number of aliphatic hydroxyl groups excluding tert-OH is 1. The summed E-state index contributed by atoms with van der Waals surface area (Å²) in [6, 6.07) is 7.31. The lowest BCUT2D eigenvalue weighted by Gasteiger charge is -2.12. The Hall–Kier alpha value is -1.79. The smallest absolute Gasteiger partial charge is 0.223 e. The molecule has 3 nitrogen and oxygen atoms in total. The fraction of sp³-hybridized carbons (Fsp3) is 0.353. The van der Waals surface area contributed by atoms with Gasteiger partial charge in [-0.05, 0) is 43.2 Å². The molecule has 0 bridgehead atoms. The number of thiophene rings is 1. The molecule has 0 spiro atoms. The molecule has 0 aliphatic heterocycles. The number of carbonyl (C=O) groups excluding carboxylic acids is 1. The summed E-state index contributed by atoms with van der Waals surface area (Å²) in [5.41, 5.74) is 0.241. The van der Waals surface area contributed by atoms with Crippen molar-refractivity contribution in [1.29, 1.82) is 0 Å². The predicted octanol–water partition coefficient (Wildman–Crippen LogP) is 3.29. The molecule has 3 atom stereocenters. The van der Waals surface area contributed by atoms with Crippen molar-refractivity contribution in [3.8, 4) is 0 Å². The van der Waals surface area contributed by atoms with Gasteiger partial charge in [-0.25, -0.2) is 8.78 Å². The molecule has 2 aromatic rings. The Bertz CT molecular complexity index is 731. The quantitative estimate of drug-likeness (QED) is 0.880. The molecule has 122 valence electrons. The van der Waals surface area contributed by atoms with Gasteiger partial charge < -0.3 is 10.4 Å². The summed E-state index contributed by atoms with van der Waals surface area (Å²) in [5, 5.41) is 12.7. The van der Waals surface area contributed by atoms with Crippen molar-refractivity contribution in [1.82, 2.24) is 5.32 Å². The largest absolute Gasteiger partial charge is 0.387 e. The van der Waals surface area contributed by atoms with Crippen molar-refractivity contribution in [2.24, 2.45) is 5.92 Å². The number of aliphatic hydroxyl groups is 1. The summed E-state index contributed by atoms with van der Waals surface area (Å²) in [7, 11) is 0. The van der Waals surface area contributed by atoms with Crippen LogP contribution in [0.15, 0.2) is 30.3 Å². The molecule has 1 heterocycles. The Morgan fingerprint density at radius 2 is 2.13 bits per heavy atom. The van der Waals surface area contributed by atoms with Gasteiger partial charge in [0, 0.05) is 28.1 Å². The van der Waals surface area contributed by atoms with Crippen molar-refractivity contribution < 1.29 is 18.7 Å². The van der Waals surface area contributed by atoms with Crippen LogP contribution < -0.4 is 5.32 Å². The Balaban J connectivity index is 1.52. The van der Waals surface area contributed by atoms with Gasteiger partial charge >= 0.3 is 0 Å². The highest BCUT2D eigenvalue weighted by Crippen LogP contribution is 2.49. The van der Waals surface area contributed by atoms with Crippen LogP contribution in [0, 0.1) is 24.5 Å². The van der Waals surface area contributed by atoms with Crippen LogP contribution >= 0.6 is 11.3 Å². The van der Waals surface area contributed by atoms with Crippen LogP contribution in [0.3, 0.4) is 0 Å². The van der Waals surface area contributed by atoms with Gasteiger partial charge in [0.25, 0.3) is 0 Å². The molecule has 6 heteroatoms. The number of carbonyl (C=O) groups is 1. The molecule has 1 aliphatic carbocycles. The summed E-state index contributed by atoms with van der Waals surface area (Å²) in [6.07, 6.45) is -0.247. The molecule has 1 fully saturated rings. The molecule has 0 unspecified atom stereocenters. The van der Waals surface area contributed by atoms with Crippen LogP contribution in [-0.4, -0.2) is 17.6 Å². The number of rotatable bonds is 5. The average Bonchev–Trinajstić information content (AvgIpc) is 3.22. The van der Waals surface area contributed by atoms with E-state index in [9.17, 15) is 18.7 Å². The van der Waals surface area contributed by atoms with Crippen LogP contribution in [-0.2, 0) is 4.79 Å². The first-order valence-corrected chi connectivity index (χ1v) is 8.24. The van der Waals surface area contributed by atoms with Crippen molar-refractivity contribution in [2.45, 2.75) is 25.4 Å². The van der Waals surface area contributed by atoms with Crippen LogP contribution in [0.2, 0.25) is 0 Å². The zero-order chi connectivity index (χ0) is 16.6. The molecule has 1 aromatic carbocycles. The molecule has 0 saturated heterocycles. The van der Waals surface area contributed by atoms with Gasteiger partial charge in [-0.2, -0.15) is 0 Å². The monoisotopic (exact) mass is 337 g/mol. The number of amides is 1. The Morgan fingerprint density at radius 3 is 2.78 bits per heavy atom. The van der Waals surface area contributed by atoms with E-state index in [0.29, 0.717) is 0 Å². The van der Waals surface area contributed by atoms with E-state index >= 15 is 0 Å². The molecule has 23 heavy (non-hydrogen) atoms.